The Hall–Kier alpha value is 0.679. The van der Waals surface area contributed by atoms with Crippen LogP contribution < -0.4 is 0 Å². The molecule has 20 valence electrons. The second-order valence-electron chi connectivity index (χ2n) is 0.102. The van der Waals surface area contributed by atoms with Crippen LogP contribution in [0.25, 0.3) is 0 Å². The molecule has 0 aliphatic rings. The van der Waals surface area contributed by atoms with Crippen LogP contribution in [0.3, 0.4) is 0 Å². The molecule has 0 aromatic carbocycles. The first-order chi connectivity index (χ1) is 1.41. The summed E-state index contributed by atoms with van der Waals surface area (Å²) in [6.45, 7) is 0. The van der Waals surface area contributed by atoms with Crippen LogP contribution in [0.5, 0.6) is 0 Å². The zero-order valence-corrected chi connectivity index (χ0v) is 5.76. The molecule has 0 aromatic heterocycles. The van der Waals surface area contributed by atoms with Crippen molar-refractivity contribution in [2.24, 2.45) is 0 Å². The normalized spacial score (nSPS) is 2.00. The van der Waals surface area contributed by atoms with E-state index in [9.17, 15) is 0 Å². The van der Waals surface area contributed by atoms with E-state index in [1.807, 2.05) is 0 Å². The van der Waals surface area contributed by atoms with Gasteiger partial charge in [0.05, 0.1) is 0 Å². The SMILES string of the molecule is O=C=P.[Sn]. The molecule has 0 atom stereocenters. The van der Waals surface area contributed by atoms with Crippen molar-refractivity contribution < 1.29 is 4.79 Å². The van der Waals surface area contributed by atoms with E-state index >= 15 is 0 Å². The predicted octanol–water partition coefficient (Wildman–Crippen LogP) is -0.184. The molecule has 0 heterocycles. The molecule has 0 N–H and O–H groups in total. The maximum atomic E-state index is 8.59. The van der Waals surface area contributed by atoms with Crippen molar-refractivity contribution in [3.05, 3.63) is 0 Å². The van der Waals surface area contributed by atoms with Crippen LogP contribution in [0.15, 0.2) is 0 Å². The topological polar surface area (TPSA) is 17.1 Å². The summed E-state index contributed by atoms with van der Waals surface area (Å²) in [6.07, 6.45) is 0. The molecule has 0 aromatic rings. The minimum absolute atomic E-state index is 0. The van der Waals surface area contributed by atoms with E-state index in [0.717, 1.165) is 0 Å². The van der Waals surface area contributed by atoms with Crippen LogP contribution in [0.2, 0.25) is 0 Å². The third-order valence-corrected chi connectivity index (χ3v) is 0. The molecule has 0 unspecified atom stereocenters. The van der Waals surface area contributed by atoms with E-state index < -0.39 is 0 Å². The van der Waals surface area contributed by atoms with Gasteiger partial charge in [-0.05, 0) is 8.86 Å². The van der Waals surface area contributed by atoms with E-state index in [-0.39, 0.29) is 23.9 Å². The average molecular weight is 179 g/mol. The zero-order chi connectivity index (χ0) is 2.71. The smallest absolute Gasteiger partial charge is 0.146 e. The molecular weight excluding hydrogens is 178 g/mol. The Kier molecular flexibility index (Phi) is 20.7. The van der Waals surface area contributed by atoms with Crippen molar-refractivity contribution in [1.29, 1.82) is 0 Å². The maximum Gasteiger partial charge on any atom is 0.146 e. The van der Waals surface area contributed by atoms with E-state index in [1.54, 1.807) is 0 Å². The molecule has 4 heavy (non-hydrogen) atoms. The molecule has 1 nitrogen and oxygen atoms in total. The van der Waals surface area contributed by atoms with Crippen LogP contribution in [-0.4, -0.2) is 29.6 Å². The zero-order valence-electron chi connectivity index (χ0n) is 1.91. The van der Waals surface area contributed by atoms with Crippen molar-refractivity contribution in [2.45, 2.75) is 0 Å². The van der Waals surface area contributed by atoms with Gasteiger partial charge >= 0.3 is 0 Å². The van der Waals surface area contributed by atoms with Gasteiger partial charge in [-0.15, -0.1) is 0 Å². The molecule has 0 amide bonds. The summed E-state index contributed by atoms with van der Waals surface area (Å²) >= 11 is 0. The average Bonchev–Trinajstić information content (AvgIpc) is 0.918. The van der Waals surface area contributed by atoms with Crippen molar-refractivity contribution in [3.63, 3.8) is 0 Å². The second kappa shape index (κ2) is 9.37. The second-order valence-corrected chi connectivity index (χ2v) is 0.306. The van der Waals surface area contributed by atoms with Crippen LogP contribution in [0.4, 0.5) is 0 Å². The standard InChI is InChI=1S/CHOP.Sn/c2-1-3;/h3H;. The maximum absolute atomic E-state index is 8.59. The molecule has 0 spiro atoms. The van der Waals surface area contributed by atoms with Gasteiger partial charge in [-0.3, -0.25) is 0 Å². The Balaban J connectivity index is 0. The first-order valence-corrected chi connectivity index (χ1v) is 0.954. The Morgan fingerprint density at radius 3 is 1.75 bits per heavy atom. The van der Waals surface area contributed by atoms with Crippen LogP contribution in [0, 0.1) is 0 Å². The Bertz CT molecular complexity index is 29.0. The monoisotopic (exact) mass is 180 g/mol. The summed E-state index contributed by atoms with van der Waals surface area (Å²) in [7, 11) is 2.38. The summed E-state index contributed by atoms with van der Waals surface area (Å²) in [6, 6.07) is 0. The molecule has 0 saturated carbocycles. The fourth-order valence-electron chi connectivity index (χ4n) is 0. The molecule has 0 rings (SSSR count). The quantitative estimate of drug-likeness (QED) is 0.372. The van der Waals surface area contributed by atoms with Gasteiger partial charge in [0.15, 0.2) is 0 Å². The number of hydrogen-bond acceptors (Lipinski definition) is 1. The van der Waals surface area contributed by atoms with E-state index in [4.69, 9.17) is 4.79 Å². The largest absolute Gasteiger partial charge is 0.229 e. The molecule has 0 aliphatic heterocycles. The molecular formula is CHOPSn. The first-order valence-electron chi connectivity index (χ1n) is 0.454. The van der Waals surface area contributed by atoms with Gasteiger partial charge in [0.25, 0.3) is 0 Å². The van der Waals surface area contributed by atoms with Crippen LogP contribution in [0.1, 0.15) is 0 Å². The van der Waals surface area contributed by atoms with E-state index in [0.29, 0.717) is 0 Å². The van der Waals surface area contributed by atoms with E-state index in [2.05, 4.69) is 8.86 Å². The van der Waals surface area contributed by atoms with Gasteiger partial charge in [0.1, 0.15) is 5.66 Å². The Morgan fingerprint density at radius 2 is 1.75 bits per heavy atom. The van der Waals surface area contributed by atoms with Crippen LogP contribution >= 0.6 is 8.86 Å². The third-order valence-electron chi connectivity index (χ3n) is 0. The van der Waals surface area contributed by atoms with Gasteiger partial charge in [-0.1, -0.05) is 0 Å². The summed E-state index contributed by atoms with van der Waals surface area (Å²) < 4.78 is 0. The molecule has 3 heteroatoms. The fourth-order valence-corrected chi connectivity index (χ4v) is 0. The van der Waals surface area contributed by atoms with Crippen LogP contribution in [-0.2, 0) is 4.79 Å². The van der Waals surface area contributed by atoms with Gasteiger partial charge in [0, 0.05) is 23.9 Å². The van der Waals surface area contributed by atoms with Gasteiger partial charge in [0.2, 0.25) is 0 Å². The number of carbonyl (C=O) groups excluding carboxylic acids is 1. The van der Waals surface area contributed by atoms with Crippen molar-refractivity contribution >= 4 is 38.4 Å². The van der Waals surface area contributed by atoms with Gasteiger partial charge < -0.3 is 0 Å². The van der Waals surface area contributed by atoms with Gasteiger partial charge in [-0.2, -0.15) is 0 Å². The molecule has 4 radical (unpaired) electrons. The van der Waals surface area contributed by atoms with Crippen molar-refractivity contribution in [2.75, 3.05) is 0 Å². The summed E-state index contributed by atoms with van der Waals surface area (Å²) in [5.41, 5.74) is 1.31. The first kappa shape index (κ1) is 8.82. The molecule has 0 aliphatic carbocycles. The van der Waals surface area contributed by atoms with Gasteiger partial charge in [-0.25, -0.2) is 4.79 Å². The summed E-state index contributed by atoms with van der Waals surface area (Å²) in [4.78, 5) is 8.59. The van der Waals surface area contributed by atoms with E-state index in [1.165, 1.54) is 5.66 Å². The predicted molar refractivity (Wildman–Crippen MR) is 19.8 cm³/mol. The Labute approximate surface area is 43.6 Å². The molecule has 0 saturated heterocycles. The third kappa shape index (κ3) is 16.4. The molecule has 0 fully saturated rings. The molecule has 0 bridgehead atoms. The van der Waals surface area contributed by atoms with Crippen molar-refractivity contribution in [1.82, 2.24) is 0 Å². The fraction of sp³-hybridized carbons (Fsp3) is 0. The summed E-state index contributed by atoms with van der Waals surface area (Å²) in [5.74, 6) is 0. The van der Waals surface area contributed by atoms with Crippen molar-refractivity contribution in [3.8, 4) is 0 Å². The minimum atomic E-state index is 0. The summed E-state index contributed by atoms with van der Waals surface area (Å²) in [5, 5.41) is 0. The Morgan fingerprint density at radius 1 is 1.75 bits per heavy atom. The minimum Gasteiger partial charge on any atom is -0.229 e. The number of hydrogen-bond donors (Lipinski definition) is 0. The number of rotatable bonds is 0.